The maximum absolute atomic E-state index is 2.47. The van der Waals surface area contributed by atoms with Gasteiger partial charge < -0.3 is 0 Å². The molecule has 0 aliphatic heterocycles. The predicted molar refractivity (Wildman–Crippen MR) is 77.2 cm³/mol. The summed E-state index contributed by atoms with van der Waals surface area (Å²) in [5.41, 5.74) is 6.46. The van der Waals surface area contributed by atoms with Gasteiger partial charge in [0.05, 0.1) is 0 Å². The SMILES string of the molecule is c1c2c(cc3cc4c(cc13)CCCC4)CCCC2. The van der Waals surface area contributed by atoms with Crippen molar-refractivity contribution in [2.24, 2.45) is 0 Å². The number of benzene rings is 2. The third-order valence-corrected chi connectivity index (χ3v) is 4.76. The van der Waals surface area contributed by atoms with Gasteiger partial charge in [0.2, 0.25) is 0 Å². The van der Waals surface area contributed by atoms with E-state index in [1.165, 1.54) is 62.1 Å². The lowest BCUT2D eigenvalue weighted by Crippen LogP contribution is -2.05. The van der Waals surface area contributed by atoms with Crippen LogP contribution < -0.4 is 0 Å². The molecule has 0 N–H and O–H groups in total. The minimum atomic E-state index is 1.29. The molecule has 4 rings (SSSR count). The van der Waals surface area contributed by atoms with Gasteiger partial charge in [-0.05, 0) is 84.4 Å². The van der Waals surface area contributed by atoms with E-state index in [-0.39, 0.29) is 0 Å². The highest BCUT2D eigenvalue weighted by molar-refractivity contribution is 5.86. The molecule has 0 atom stereocenters. The Kier molecular flexibility index (Phi) is 2.43. The molecule has 0 nitrogen and oxygen atoms in total. The first-order valence-electron chi connectivity index (χ1n) is 7.47. The van der Waals surface area contributed by atoms with Gasteiger partial charge in [0, 0.05) is 0 Å². The lowest BCUT2D eigenvalue weighted by atomic mass is 9.85. The molecule has 0 saturated heterocycles. The fraction of sp³-hybridized carbons (Fsp3) is 0.444. The number of aryl methyl sites for hydroxylation is 4. The molecular weight excluding hydrogens is 216 g/mol. The number of hydrogen-bond donors (Lipinski definition) is 0. The van der Waals surface area contributed by atoms with Gasteiger partial charge in [0.15, 0.2) is 0 Å². The van der Waals surface area contributed by atoms with Gasteiger partial charge >= 0.3 is 0 Å². The van der Waals surface area contributed by atoms with Crippen LogP contribution in [0.15, 0.2) is 24.3 Å². The molecule has 0 bridgehead atoms. The third-order valence-electron chi connectivity index (χ3n) is 4.76. The van der Waals surface area contributed by atoms with Crippen LogP contribution in [0.25, 0.3) is 10.8 Å². The highest BCUT2D eigenvalue weighted by Gasteiger charge is 2.13. The molecule has 2 aliphatic carbocycles. The van der Waals surface area contributed by atoms with Crippen LogP contribution in [-0.2, 0) is 25.7 Å². The Morgan fingerprint density at radius 3 is 1.00 bits per heavy atom. The summed E-state index contributed by atoms with van der Waals surface area (Å²) >= 11 is 0. The quantitative estimate of drug-likeness (QED) is 0.627. The second kappa shape index (κ2) is 4.12. The van der Waals surface area contributed by atoms with E-state index in [0.29, 0.717) is 0 Å². The van der Waals surface area contributed by atoms with Crippen LogP contribution in [0.4, 0.5) is 0 Å². The van der Waals surface area contributed by atoms with Gasteiger partial charge in [-0.1, -0.05) is 24.3 Å². The highest BCUT2D eigenvalue weighted by Crippen LogP contribution is 2.31. The Labute approximate surface area is 109 Å². The van der Waals surface area contributed by atoms with Crippen molar-refractivity contribution in [3.63, 3.8) is 0 Å². The molecule has 2 aromatic rings. The van der Waals surface area contributed by atoms with E-state index in [2.05, 4.69) is 24.3 Å². The van der Waals surface area contributed by atoms with Crippen molar-refractivity contribution in [1.82, 2.24) is 0 Å². The van der Waals surface area contributed by atoms with Crippen LogP contribution in [0.2, 0.25) is 0 Å². The first-order valence-corrected chi connectivity index (χ1v) is 7.47. The van der Waals surface area contributed by atoms with Crippen molar-refractivity contribution >= 4 is 10.8 Å². The second-order valence-electron chi connectivity index (χ2n) is 6.00. The van der Waals surface area contributed by atoms with E-state index in [4.69, 9.17) is 0 Å². The molecule has 0 aromatic heterocycles. The first-order chi connectivity index (χ1) is 8.90. The maximum Gasteiger partial charge on any atom is -0.0178 e. The number of fused-ring (bicyclic) bond motifs is 3. The standard InChI is InChI=1S/C18H20/c1-2-6-14-10-18-12-16-8-4-3-7-15(16)11-17(18)9-13(14)5-1/h9-12H,1-8H2. The van der Waals surface area contributed by atoms with Crippen molar-refractivity contribution in [1.29, 1.82) is 0 Å². The third kappa shape index (κ3) is 1.67. The van der Waals surface area contributed by atoms with Crippen molar-refractivity contribution in [2.45, 2.75) is 51.4 Å². The van der Waals surface area contributed by atoms with Gasteiger partial charge in [-0.15, -0.1) is 0 Å². The van der Waals surface area contributed by atoms with E-state index >= 15 is 0 Å². The average Bonchev–Trinajstić information content (AvgIpc) is 2.42. The van der Waals surface area contributed by atoms with Crippen molar-refractivity contribution in [2.75, 3.05) is 0 Å². The van der Waals surface area contributed by atoms with Crippen LogP contribution in [0.3, 0.4) is 0 Å². The molecule has 0 saturated carbocycles. The van der Waals surface area contributed by atoms with Gasteiger partial charge in [-0.25, -0.2) is 0 Å². The Morgan fingerprint density at radius 1 is 0.444 bits per heavy atom. The molecule has 0 heterocycles. The zero-order valence-electron chi connectivity index (χ0n) is 11.0. The summed E-state index contributed by atoms with van der Waals surface area (Å²) in [6.45, 7) is 0. The normalized spacial score (nSPS) is 18.4. The first kappa shape index (κ1) is 10.6. The van der Waals surface area contributed by atoms with Crippen LogP contribution in [0, 0.1) is 0 Å². The van der Waals surface area contributed by atoms with Crippen molar-refractivity contribution < 1.29 is 0 Å². The molecule has 0 unspecified atom stereocenters. The largest absolute Gasteiger partial charge is 0.0509 e. The summed E-state index contributed by atoms with van der Waals surface area (Å²) in [4.78, 5) is 0. The Morgan fingerprint density at radius 2 is 0.722 bits per heavy atom. The fourth-order valence-corrected chi connectivity index (χ4v) is 3.73. The van der Waals surface area contributed by atoms with Gasteiger partial charge in [-0.2, -0.15) is 0 Å². The maximum atomic E-state index is 2.47. The van der Waals surface area contributed by atoms with Crippen molar-refractivity contribution in [3.05, 3.63) is 46.5 Å². The molecule has 0 fully saturated rings. The van der Waals surface area contributed by atoms with Crippen LogP contribution in [-0.4, -0.2) is 0 Å². The lowest BCUT2D eigenvalue weighted by Gasteiger charge is -2.20. The summed E-state index contributed by atoms with van der Waals surface area (Å²) in [7, 11) is 0. The number of rotatable bonds is 0. The molecule has 2 aliphatic rings. The summed E-state index contributed by atoms with van der Waals surface area (Å²) in [5, 5.41) is 2.97. The van der Waals surface area contributed by atoms with Gasteiger partial charge in [0.1, 0.15) is 0 Å². The average molecular weight is 236 g/mol. The molecule has 0 spiro atoms. The Balaban J connectivity index is 1.93. The van der Waals surface area contributed by atoms with E-state index in [9.17, 15) is 0 Å². The smallest absolute Gasteiger partial charge is 0.0178 e. The summed E-state index contributed by atoms with van der Waals surface area (Å²) in [5.74, 6) is 0. The number of hydrogen-bond acceptors (Lipinski definition) is 0. The molecule has 0 amide bonds. The fourth-order valence-electron chi connectivity index (χ4n) is 3.73. The molecule has 0 radical (unpaired) electrons. The minimum absolute atomic E-state index is 1.29. The summed E-state index contributed by atoms with van der Waals surface area (Å²) < 4.78 is 0. The van der Waals surface area contributed by atoms with Crippen LogP contribution in [0.5, 0.6) is 0 Å². The van der Waals surface area contributed by atoms with Gasteiger partial charge in [0.25, 0.3) is 0 Å². The van der Waals surface area contributed by atoms with E-state index in [1.54, 1.807) is 22.3 Å². The van der Waals surface area contributed by atoms with E-state index in [0.717, 1.165) is 0 Å². The monoisotopic (exact) mass is 236 g/mol. The topological polar surface area (TPSA) is 0 Å². The predicted octanol–water partition coefficient (Wildman–Crippen LogP) is 4.60. The van der Waals surface area contributed by atoms with Gasteiger partial charge in [-0.3, -0.25) is 0 Å². The van der Waals surface area contributed by atoms with Crippen LogP contribution in [0.1, 0.15) is 47.9 Å². The Hall–Kier alpha value is -1.30. The Bertz CT molecular complexity index is 502. The van der Waals surface area contributed by atoms with Crippen LogP contribution >= 0.6 is 0 Å². The highest BCUT2D eigenvalue weighted by atomic mass is 14.2. The molecular formula is C18H20. The summed E-state index contributed by atoms with van der Waals surface area (Å²) in [6.07, 6.45) is 10.7. The molecule has 92 valence electrons. The lowest BCUT2D eigenvalue weighted by molar-refractivity contribution is 0.684. The summed E-state index contributed by atoms with van der Waals surface area (Å²) in [6, 6.07) is 9.88. The molecule has 0 heteroatoms. The van der Waals surface area contributed by atoms with Crippen molar-refractivity contribution in [3.8, 4) is 0 Å². The zero-order valence-corrected chi connectivity index (χ0v) is 11.0. The van der Waals surface area contributed by atoms with E-state index in [1.807, 2.05) is 0 Å². The minimum Gasteiger partial charge on any atom is -0.0509 e. The zero-order chi connectivity index (χ0) is 11.9. The van der Waals surface area contributed by atoms with E-state index < -0.39 is 0 Å². The molecule has 2 aromatic carbocycles. The second-order valence-corrected chi connectivity index (χ2v) is 6.00. The molecule has 18 heavy (non-hydrogen) atoms.